The number of hydrogen-bond acceptors (Lipinski definition) is 12. The van der Waals surface area contributed by atoms with Gasteiger partial charge in [-0.05, 0) is 62.9 Å². The Labute approximate surface area is 232 Å². The summed E-state index contributed by atoms with van der Waals surface area (Å²) >= 11 is 0. The topological polar surface area (TPSA) is 177 Å². The SMILES string of the molecule is CCC[C@@H](CCO)Nc1nc(N)nc2cnn(Cc3cnc(C4CCN(Cc5nc(C)no5)CC4)cc3CO)c12. The molecule has 0 saturated carbocycles. The molecule has 1 saturated heterocycles. The highest BCUT2D eigenvalue weighted by molar-refractivity contribution is 5.86. The fraction of sp³-hybridized carbons (Fsp3) is 0.556. The van der Waals surface area contributed by atoms with Crippen LogP contribution >= 0.6 is 0 Å². The summed E-state index contributed by atoms with van der Waals surface area (Å²) in [5.41, 5.74) is 10.0. The van der Waals surface area contributed by atoms with Gasteiger partial charge in [0.15, 0.2) is 11.6 Å². The van der Waals surface area contributed by atoms with E-state index in [9.17, 15) is 10.2 Å². The molecule has 0 spiro atoms. The molecule has 0 bridgehead atoms. The van der Waals surface area contributed by atoms with Gasteiger partial charge in [0.2, 0.25) is 11.8 Å². The van der Waals surface area contributed by atoms with Crippen molar-refractivity contribution in [1.29, 1.82) is 0 Å². The first kappa shape index (κ1) is 27.9. The van der Waals surface area contributed by atoms with Gasteiger partial charge in [0.05, 0.1) is 25.9 Å². The lowest BCUT2D eigenvalue weighted by molar-refractivity contribution is 0.179. The highest BCUT2D eigenvalue weighted by Gasteiger charge is 2.24. The molecule has 0 aliphatic carbocycles. The van der Waals surface area contributed by atoms with Crippen LogP contribution in [-0.2, 0) is 19.7 Å². The lowest BCUT2D eigenvalue weighted by Crippen LogP contribution is -2.32. The minimum absolute atomic E-state index is 0.0485. The zero-order valence-electron chi connectivity index (χ0n) is 23.1. The van der Waals surface area contributed by atoms with Crippen molar-refractivity contribution in [2.45, 2.75) is 77.6 Å². The Kier molecular flexibility index (Phi) is 8.82. The first-order valence-corrected chi connectivity index (χ1v) is 13.9. The molecular weight excluding hydrogens is 512 g/mol. The summed E-state index contributed by atoms with van der Waals surface area (Å²) in [6, 6.07) is 2.07. The monoisotopic (exact) mass is 550 g/mol. The number of aryl methyl sites for hydroxylation is 1. The lowest BCUT2D eigenvalue weighted by atomic mass is 9.91. The van der Waals surface area contributed by atoms with E-state index in [1.807, 2.05) is 23.9 Å². The van der Waals surface area contributed by atoms with Crippen LogP contribution in [0.15, 0.2) is 23.0 Å². The average Bonchev–Trinajstić information content (AvgIpc) is 3.55. The molecule has 214 valence electrons. The van der Waals surface area contributed by atoms with Gasteiger partial charge < -0.3 is 25.8 Å². The highest BCUT2D eigenvalue weighted by Crippen LogP contribution is 2.29. The largest absolute Gasteiger partial charge is 0.396 e. The van der Waals surface area contributed by atoms with Crippen molar-refractivity contribution in [2.75, 3.05) is 30.7 Å². The molecule has 1 atom stereocenters. The number of nitrogens with zero attached hydrogens (tertiary/aromatic N) is 8. The van der Waals surface area contributed by atoms with Gasteiger partial charge >= 0.3 is 0 Å². The normalized spacial score (nSPS) is 15.6. The number of fused-ring (bicyclic) bond motifs is 1. The van der Waals surface area contributed by atoms with Gasteiger partial charge in [-0.15, -0.1) is 0 Å². The summed E-state index contributed by atoms with van der Waals surface area (Å²) in [7, 11) is 0. The number of piperidine rings is 1. The van der Waals surface area contributed by atoms with Crippen LogP contribution in [0.1, 0.15) is 73.5 Å². The van der Waals surface area contributed by atoms with E-state index in [1.54, 1.807) is 6.20 Å². The van der Waals surface area contributed by atoms with E-state index in [-0.39, 0.29) is 25.2 Å². The van der Waals surface area contributed by atoms with Crippen LogP contribution in [0.5, 0.6) is 0 Å². The highest BCUT2D eigenvalue weighted by atomic mass is 16.5. The van der Waals surface area contributed by atoms with Crippen LogP contribution in [0, 0.1) is 6.92 Å². The molecule has 40 heavy (non-hydrogen) atoms. The molecule has 0 radical (unpaired) electrons. The van der Waals surface area contributed by atoms with Crippen molar-refractivity contribution >= 4 is 22.8 Å². The maximum absolute atomic E-state index is 10.3. The molecule has 5 heterocycles. The minimum Gasteiger partial charge on any atom is -0.396 e. The third-order valence-corrected chi connectivity index (χ3v) is 7.49. The number of hydrogen-bond donors (Lipinski definition) is 4. The fourth-order valence-corrected chi connectivity index (χ4v) is 5.42. The molecule has 13 nitrogen and oxygen atoms in total. The van der Waals surface area contributed by atoms with E-state index < -0.39 is 0 Å². The van der Waals surface area contributed by atoms with Crippen molar-refractivity contribution < 1.29 is 14.7 Å². The zero-order valence-corrected chi connectivity index (χ0v) is 23.1. The van der Waals surface area contributed by atoms with E-state index in [0.29, 0.717) is 48.5 Å². The van der Waals surface area contributed by atoms with Crippen molar-refractivity contribution in [1.82, 2.24) is 39.8 Å². The van der Waals surface area contributed by atoms with Gasteiger partial charge in [-0.1, -0.05) is 18.5 Å². The number of nitrogen functional groups attached to an aromatic ring is 1. The second-order valence-electron chi connectivity index (χ2n) is 10.4. The molecule has 5 N–H and O–H groups in total. The van der Waals surface area contributed by atoms with E-state index >= 15 is 0 Å². The number of anilines is 2. The molecule has 0 aromatic carbocycles. The van der Waals surface area contributed by atoms with Gasteiger partial charge in [0.1, 0.15) is 11.0 Å². The van der Waals surface area contributed by atoms with Crippen LogP contribution in [0.25, 0.3) is 11.0 Å². The van der Waals surface area contributed by atoms with Crippen molar-refractivity contribution in [3.8, 4) is 0 Å². The van der Waals surface area contributed by atoms with Gasteiger partial charge in [0.25, 0.3) is 0 Å². The minimum atomic E-state index is -0.0942. The number of likely N-dealkylation sites (tertiary alicyclic amines) is 1. The number of aliphatic hydroxyl groups excluding tert-OH is 2. The van der Waals surface area contributed by atoms with Gasteiger partial charge in [-0.3, -0.25) is 14.6 Å². The Bertz CT molecular complexity index is 1410. The molecule has 4 aromatic rings. The van der Waals surface area contributed by atoms with Gasteiger partial charge in [-0.25, -0.2) is 4.98 Å². The first-order valence-electron chi connectivity index (χ1n) is 13.9. The third kappa shape index (κ3) is 6.37. The van der Waals surface area contributed by atoms with E-state index in [2.05, 4.69) is 42.3 Å². The predicted molar refractivity (Wildman–Crippen MR) is 149 cm³/mol. The summed E-state index contributed by atoms with van der Waals surface area (Å²) in [6.45, 7) is 6.80. The second kappa shape index (κ2) is 12.7. The maximum Gasteiger partial charge on any atom is 0.240 e. The average molecular weight is 551 g/mol. The number of nitrogens with one attached hydrogen (secondary N) is 1. The zero-order chi connectivity index (χ0) is 28.1. The number of nitrogens with two attached hydrogens (primary N) is 1. The van der Waals surface area contributed by atoms with Crippen molar-refractivity contribution in [3.05, 3.63) is 47.0 Å². The summed E-state index contributed by atoms with van der Waals surface area (Å²) in [4.78, 5) is 20.3. The molecule has 0 unspecified atom stereocenters. The Morgan fingerprint density at radius 1 is 1.10 bits per heavy atom. The van der Waals surface area contributed by atoms with Crippen LogP contribution in [0.4, 0.5) is 11.8 Å². The molecule has 5 rings (SSSR count). The van der Waals surface area contributed by atoms with Crippen LogP contribution in [0.3, 0.4) is 0 Å². The lowest BCUT2D eigenvalue weighted by Gasteiger charge is -2.30. The molecule has 13 heteroatoms. The number of aromatic nitrogens is 7. The Balaban J connectivity index is 1.32. The molecule has 1 aliphatic rings. The maximum atomic E-state index is 10.3. The predicted octanol–water partition coefficient (Wildman–Crippen LogP) is 2.38. The Hall–Kier alpha value is -3.68. The van der Waals surface area contributed by atoms with E-state index in [4.69, 9.17) is 15.2 Å². The first-order chi connectivity index (χ1) is 19.5. The van der Waals surface area contributed by atoms with Crippen LogP contribution in [-0.4, -0.2) is 75.7 Å². The van der Waals surface area contributed by atoms with Crippen molar-refractivity contribution in [3.63, 3.8) is 0 Å². The molecular formula is C27H38N10O3. The number of aliphatic hydroxyl groups is 2. The van der Waals surface area contributed by atoms with Gasteiger partial charge in [0, 0.05) is 30.5 Å². The Morgan fingerprint density at radius 3 is 2.62 bits per heavy atom. The van der Waals surface area contributed by atoms with E-state index in [1.165, 1.54) is 0 Å². The van der Waals surface area contributed by atoms with Crippen LogP contribution < -0.4 is 11.1 Å². The molecule has 0 amide bonds. The molecule has 4 aromatic heterocycles. The van der Waals surface area contributed by atoms with Gasteiger partial charge in [-0.2, -0.15) is 15.1 Å². The second-order valence-corrected chi connectivity index (χ2v) is 10.4. The summed E-state index contributed by atoms with van der Waals surface area (Å²) in [6.07, 6.45) is 7.90. The summed E-state index contributed by atoms with van der Waals surface area (Å²) in [5, 5.41) is 31.6. The standard InChI is InChI=1S/C27H38N10O3/c1-3-4-21(7-10-38)32-26-25-23(33-27(28)34-26)13-30-37(25)14-20-12-29-22(11-19(20)16-39)18-5-8-36(9-6-18)15-24-31-17(2)35-40-24/h11-13,18,21,38-39H,3-10,14-16H2,1-2H3,(H3,28,32,33,34)/t21-/m0/s1. The number of rotatable bonds is 12. The fourth-order valence-electron chi connectivity index (χ4n) is 5.42. The quantitative estimate of drug-likeness (QED) is 0.203. The molecule has 1 fully saturated rings. The smallest absolute Gasteiger partial charge is 0.240 e. The van der Waals surface area contributed by atoms with E-state index in [0.717, 1.165) is 61.1 Å². The summed E-state index contributed by atoms with van der Waals surface area (Å²) in [5.74, 6) is 2.37. The van der Waals surface area contributed by atoms with Crippen LogP contribution in [0.2, 0.25) is 0 Å². The molecule has 1 aliphatic heterocycles. The third-order valence-electron chi connectivity index (χ3n) is 7.49. The summed E-state index contributed by atoms with van der Waals surface area (Å²) < 4.78 is 7.08. The van der Waals surface area contributed by atoms with Crippen molar-refractivity contribution in [2.24, 2.45) is 0 Å². The number of pyridine rings is 1. The Morgan fingerprint density at radius 2 is 1.93 bits per heavy atom.